The molecule has 3 N–H and O–H groups in total. The number of benzene rings is 2. The van der Waals surface area contributed by atoms with E-state index in [4.69, 9.17) is 0 Å². The fourth-order valence-electron chi connectivity index (χ4n) is 2.25. The Morgan fingerprint density at radius 2 is 1.65 bits per heavy atom. The molecule has 0 saturated heterocycles. The van der Waals surface area contributed by atoms with Crippen molar-refractivity contribution in [1.29, 1.82) is 0 Å². The average Bonchev–Trinajstić information content (AvgIpc) is 2.48. The van der Waals surface area contributed by atoms with Crippen molar-refractivity contribution in [3.8, 4) is 0 Å². The number of hydrogen-bond donors (Lipinski definition) is 3. The zero-order valence-corrected chi connectivity index (χ0v) is 13.9. The largest absolute Gasteiger partial charge is 0.391 e. The highest BCUT2D eigenvalue weighted by molar-refractivity contribution is 7.92. The van der Waals surface area contributed by atoms with Gasteiger partial charge in [-0.25, -0.2) is 8.42 Å². The van der Waals surface area contributed by atoms with Crippen LogP contribution < -0.4 is 10.0 Å². The van der Waals surface area contributed by atoms with Crippen LogP contribution in [0.2, 0.25) is 0 Å². The molecule has 23 heavy (non-hydrogen) atoms. The van der Waals surface area contributed by atoms with Crippen molar-refractivity contribution in [2.75, 3.05) is 17.5 Å². The molecule has 0 aliphatic rings. The summed E-state index contributed by atoms with van der Waals surface area (Å²) in [6, 6.07) is 17.0. The summed E-state index contributed by atoms with van der Waals surface area (Å²) >= 11 is 0. The highest BCUT2D eigenvalue weighted by Crippen LogP contribution is 2.10. The van der Waals surface area contributed by atoms with Crippen LogP contribution in [-0.2, 0) is 23.0 Å². The molecule has 0 aliphatic carbocycles. The summed E-state index contributed by atoms with van der Waals surface area (Å²) in [5.41, 5.74) is 2.68. The lowest BCUT2D eigenvalue weighted by atomic mass is 10.1. The van der Waals surface area contributed by atoms with E-state index in [2.05, 4.69) is 10.0 Å². The van der Waals surface area contributed by atoms with Crippen molar-refractivity contribution in [3.05, 3.63) is 65.7 Å². The van der Waals surface area contributed by atoms with Crippen molar-refractivity contribution >= 4 is 15.7 Å². The third kappa shape index (κ3) is 6.81. The van der Waals surface area contributed by atoms with Gasteiger partial charge in [0.1, 0.15) is 0 Å². The molecule has 0 radical (unpaired) electrons. The molecule has 2 aromatic carbocycles. The van der Waals surface area contributed by atoms with Gasteiger partial charge in [0, 0.05) is 18.8 Å². The summed E-state index contributed by atoms with van der Waals surface area (Å²) in [7, 11) is -3.25. The van der Waals surface area contributed by atoms with Crippen LogP contribution >= 0.6 is 0 Å². The third-order valence-electron chi connectivity index (χ3n) is 3.28. The van der Waals surface area contributed by atoms with E-state index in [1.807, 2.05) is 42.5 Å². The van der Waals surface area contributed by atoms with Gasteiger partial charge in [-0.3, -0.25) is 4.72 Å². The van der Waals surface area contributed by atoms with E-state index in [-0.39, 0.29) is 0 Å². The van der Waals surface area contributed by atoms with Crippen LogP contribution in [0.5, 0.6) is 0 Å². The minimum atomic E-state index is -3.25. The summed E-state index contributed by atoms with van der Waals surface area (Å²) in [5.74, 6) is 0. The maximum absolute atomic E-state index is 11.1. The SMILES string of the molecule is CS(=O)(=O)Nc1ccc(CNCC(O)Cc2ccccc2)cc1. The van der Waals surface area contributed by atoms with Crippen LogP contribution in [0.1, 0.15) is 11.1 Å². The van der Waals surface area contributed by atoms with Crippen molar-refractivity contribution in [2.45, 2.75) is 19.1 Å². The molecule has 6 heteroatoms. The molecule has 0 amide bonds. The van der Waals surface area contributed by atoms with Gasteiger partial charge in [0.15, 0.2) is 0 Å². The highest BCUT2D eigenvalue weighted by Gasteiger charge is 2.05. The minimum Gasteiger partial charge on any atom is -0.391 e. The van der Waals surface area contributed by atoms with Crippen LogP contribution in [0.25, 0.3) is 0 Å². The summed E-state index contributed by atoms with van der Waals surface area (Å²) < 4.78 is 24.7. The maximum Gasteiger partial charge on any atom is 0.229 e. The Balaban J connectivity index is 1.75. The predicted molar refractivity (Wildman–Crippen MR) is 92.8 cm³/mol. The Labute approximate surface area is 137 Å². The smallest absolute Gasteiger partial charge is 0.229 e. The van der Waals surface area contributed by atoms with E-state index in [9.17, 15) is 13.5 Å². The molecule has 2 aromatic rings. The Morgan fingerprint density at radius 1 is 1.00 bits per heavy atom. The zero-order valence-electron chi connectivity index (χ0n) is 13.1. The van der Waals surface area contributed by atoms with Crippen LogP contribution in [-0.4, -0.2) is 32.4 Å². The second kappa shape index (κ2) is 8.10. The fourth-order valence-corrected chi connectivity index (χ4v) is 2.81. The molecule has 5 nitrogen and oxygen atoms in total. The topological polar surface area (TPSA) is 78.4 Å². The van der Waals surface area contributed by atoms with E-state index in [1.165, 1.54) is 0 Å². The highest BCUT2D eigenvalue weighted by atomic mass is 32.2. The number of hydrogen-bond acceptors (Lipinski definition) is 4. The van der Waals surface area contributed by atoms with Gasteiger partial charge >= 0.3 is 0 Å². The number of rotatable bonds is 8. The van der Waals surface area contributed by atoms with Gasteiger partial charge in [-0.1, -0.05) is 42.5 Å². The zero-order chi connectivity index (χ0) is 16.7. The predicted octanol–water partition coefficient (Wildman–Crippen LogP) is 1.75. The van der Waals surface area contributed by atoms with Crippen molar-refractivity contribution < 1.29 is 13.5 Å². The lowest BCUT2D eigenvalue weighted by molar-refractivity contribution is 0.171. The van der Waals surface area contributed by atoms with Gasteiger partial charge in [0.05, 0.1) is 12.4 Å². The number of nitrogens with one attached hydrogen (secondary N) is 2. The molecule has 0 heterocycles. The van der Waals surface area contributed by atoms with Crippen LogP contribution in [0.4, 0.5) is 5.69 Å². The molecular weight excluding hydrogens is 312 g/mol. The minimum absolute atomic E-state index is 0.441. The van der Waals surface area contributed by atoms with E-state index in [0.29, 0.717) is 25.2 Å². The van der Waals surface area contributed by atoms with Gasteiger partial charge in [-0.2, -0.15) is 0 Å². The Morgan fingerprint density at radius 3 is 2.26 bits per heavy atom. The third-order valence-corrected chi connectivity index (χ3v) is 3.89. The first-order valence-corrected chi connectivity index (χ1v) is 9.31. The second-order valence-electron chi connectivity index (χ2n) is 5.55. The monoisotopic (exact) mass is 334 g/mol. The number of aliphatic hydroxyl groups is 1. The van der Waals surface area contributed by atoms with Gasteiger partial charge in [-0.05, 0) is 29.7 Å². The quantitative estimate of drug-likeness (QED) is 0.687. The first kappa shape index (κ1) is 17.5. The van der Waals surface area contributed by atoms with Gasteiger partial charge in [-0.15, -0.1) is 0 Å². The lowest BCUT2D eigenvalue weighted by Crippen LogP contribution is -2.28. The van der Waals surface area contributed by atoms with Crippen LogP contribution in [0.3, 0.4) is 0 Å². The maximum atomic E-state index is 11.1. The second-order valence-corrected chi connectivity index (χ2v) is 7.29. The number of sulfonamides is 1. The Hall–Kier alpha value is -1.89. The number of anilines is 1. The van der Waals surface area contributed by atoms with Gasteiger partial charge in [0.2, 0.25) is 10.0 Å². The molecule has 2 rings (SSSR count). The molecule has 0 spiro atoms. The van der Waals surface area contributed by atoms with Gasteiger partial charge < -0.3 is 10.4 Å². The average molecular weight is 334 g/mol. The fraction of sp³-hybridized carbons (Fsp3) is 0.294. The standard InChI is InChI=1S/C17H22N2O3S/c1-23(21,22)19-16-9-7-15(8-10-16)12-18-13-17(20)11-14-5-3-2-4-6-14/h2-10,17-20H,11-13H2,1H3. The summed E-state index contributed by atoms with van der Waals surface area (Å²) in [5, 5.41) is 13.2. The Bertz CT molecular complexity index is 700. The van der Waals surface area contributed by atoms with E-state index in [0.717, 1.165) is 17.4 Å². The van der Waals surface area contributed by atoms with E-state index in [1.54, 1.807) is 12.1 Å². The lowest BCUT2D eigenvalue weighted by Gasteiger charge is -2.12. The Kier molecular flexibility index (Phi) is 6.15. The molecule has 0 bridgehead atoms. The molecular formula is C17H22N2O3S. The molecule has 1 unspecified atom stereocenters. The first-order chi connectivity index (χ1) is 10.9. The summed E-state index contributed by atoms with van der Waals surface area (Å²) in [6.45, 7) is 1.11. The van der Waals surface area contributed by atoms with Crippen molar-refractivity contribution in [2.24, 2.45) is 0 Å². The van der Waals surface area contributed by atoms with Crippen LogP contribution in [0, 0.1) is 0 Å². The van der Waals surface area contributed by atoms with Crippen molar-refractivity contribution in [3.63, 3.8) is 0 Å². The molecule has 0 fully saturated rings. The molecule has 0 aliphatic heterocycles. The molecule has 1 atom stereocenters. The normalized spacial score (nSPS) is 12.8. The summed E-state index contributed by atoms with van der Waals surface area (Å²) in [6.07, 6.45) is 1.30. The molecule has 124 valence electrons. The first-order valence-electron chi connectivity index (χ1n) is 7.42. The molecule has 0 saturated carbocycles. The van der Waals surface area contributed by atoms with E-state index < -0.39 is 16.1 Å². The van der Waals surface area contributed by atoms with Gasteiger partial charge in [0.25, 0.3) is 0 Å². The molecule has 0 aromatic heterocycles. The number of aliphatic hydroxyl groups excluding tert-OH is 1. The van der Waals surface area contributed by atoms with E-state index >= 15 is 0 Å². The van der Waals surface area contributed by atoms with Crippen molar-refractivity contribution in [1.82, 2.24) is 5.32 Å². The summed E-state index contributed by atoms with van der Waals surface area (Å²) in [4.78, 5) is 0. The van der Waals surface area contributed by atoms with Crippen LogP contribution in [0.15, 0.2) is 54.6 Å².